The van der Waals surface area contributed by atoms with E-state index in [1.165, 1.54) is 0 Å². The summed E-state index contributed by atoms with van der Waals surface area (Å²) in [5, 5.41) is 1.37. The summed E-state index contributed by atoms with van der Waals surface area (Å²) in [7, 11) is 0. The molecule has 106 valence electrons. The molecule has 1 N–H and O–H groups in total. The highest BCUT2D eigenvalue weighted by molar-refractivity contribution is 6.31. The number of hydrogen-bond donors (Lipinski definition) is 1. The monoisotopic (exact) mass is 299 g/mol. The fourth-order valence-electron chi connectivity index (χ4n) is 2.40. The number of nitrogens with one attached hydrogen (secondary N) is 1. The van der Waals surface area contributed by atoms with E-state index in [2.05, 4.69) is 4.98 Å². The van der Waals surface area contributed by atoms with Crippen molar-refractivity contribution in [3.8, 4) is 11.3 Å². The van der Waals surface area contributed by atoms with Crippen molar-refractivity contribution in [2.75, 3.05) is 6.61 Å². The first-order valence-electron chi connectivity index (χ1n) is 6.74. The summed E-state index contributed by atoms with van der Waals surface area (Å²) in [6.45, 7) is 2.13. The molecular formula is C17H14ClNO2. The van der Waals surface area contributed by atoms with Crippen molar-refractivity contribution < 1.29 is 9.53 Å². The number of aromatic nitrogens is 1. The third-order valence-electron chi connectivity index (χ3n) is 3.30. The van der Waals surface area contributed by atoms with Crippen LogP contribution in [0, 0.1) is 0 Å². The van der Waals surface area contributed by atoms with Crippen molar-refractivity contribution in [2.45, 2.75) is 6.92 Å². The average molecular weight is 300 g/mol. The number of ether oxygens (including phenoxy) is 1. The fourth-order valence-corrected chi connectivity index (χ4v) is 2.57. The average Bonchev–Trinajstić information content (AvgIpc) is 2.87. The molecule has 0 radical (unpaired) electrons. The topological polar surface area (TPSA) is 42.1 Å². The zero-order valence-electron chi connectivity index (χ0n) is 11.5. The molecule has 0 atom stereocenters. The SMILES string of the molecule is CCOC(=O)c1c(-c2ccccc2)[nH]c2ccc(Cl)cc12. The number of carbonyl (C=O) groups is 1. The standard InChI is InChI=1S/C17H14ClNO2/c1-2-21-17(20)15-13-10-12(18)8-9-14(13)19-16(15)11-6-4-3-5-7-11/h3-10,19H,2H2,1H3. The molecule has 0 aliphatic heterocycles. The van der Waals surface area contributed by atoms with E-state index in [9.17, 15) is 4.79 Å². The Balaban J connectivity index is 2.28. The highest BCUT2D eigenvalue weighted by Gasteiger charge is 2.20. The van der Waals surface area contributed by atoms with Gasteiger partial charge in [-0.15, -0.1) is 0 Å². The first-order valence-corrected chi connectivity index (χ1v) is 7.12. The van der Waals surface area contributed by atoms with Gasteiger partial charge in [-0.2, -0.15) is 0 Å². The number of rotatable bonds is 3. The molecule has 2 aromatic carbocycles. The highest BCUT2D eigenvalue weighted by atomic mass is 35.5. The van der Waals surface area contributed by atoms with Crippen LogP contribution in [0.2, 0.25) is 5.02 Å². The van der Waals surface area contributed by atoms with Crippen LogP contribution >= 0.6 is 11.6 Å². The van der Waals surface area contributed by atoms with Gasteiger partial charge in [-0.25, -0.2) is 4.79 Å². The molecule has 3 aromatic rings. The molecule has 3 rings (SSSR count). The van der Waals surface area contributed by atoms with Gasteiger partial charge >= 0.3 is 5.97 Å². The maximum atomic E-state index is 12.3. The molecule has 0 spiro atoms. The summed E-state index contributed by atoms with van der Waals surface area (Å²) < 4.78 is 5.19. The fraction of sp³-hybridized carbons (Fsp3) is 0.118. The van der Waals surface area contributed by atoms with Crippen LogP contribution < -0.4 is 0 Å². The second-order valence-corrected chi connectivity index (χ2v) is 5.09. The maximum Gasteiger partial charge on any atom is 0.340 e. The van der Waals surface area contributed by atoms with Gasteiger partial charge in [0.25, 0.3) is 0 Å². The van der Waals surface area contributed by atoms with Crippen LogP contribution in [0.1, 0.15) is 17.3 Å². The number of halogens is 1. The Bertz CT molecular complexity index is 793. The normalized spacial score (nSPS) is 10.8. The summed E-state index contributed by atoms with van der Waals surface area (Å²) in [5.74, 6) is -0.343. The first kappa shape index (κ1) is 13.7. The zero-order valence-corrected chi connectivity index (χ0v) is 12.3. The lowest BCUT2D eigenvalue weighted by Gasteiger charge is -2.04. The van der Waals surface area contributed by atoms with Crippen LogP contribution in [-0.4, -0.2) is 17.6 Å². The number of carbonyl (C=O) groups excluding carboxylic acids is 1. The lowest BCUT2D eigenvalue weighted by Crippen LogP contribution is -2.05. The summed E-state index contributed by atoms with van der Waals surface area (Å²) in [5.41, 5.74) is 3.08. The number of hydrogen-bond acceptors (Lipinski definition) is 2. The van der Waals surface area contributed by atoms with Crippen molar-refractivity contribution in [1.29, 1.82) is 0 Å². The Labute approximate surface area is 127 Å². The number of H-pyrrole nitrogens is 1. The van der Waals surface area contributed by atoms with E-state index in [0.717, 1.165) is 22.2 Å². The Morgan fingerprint density at radius 2 is 1.95 bits per heavy atom. The van der Waals surface area contributed by atoms with E-state index in [1.807, 2.05) is 36.4 Å². The van der Waals surface area contributed by atoms with E-state index in [0.29, 0.717) is 17.2 Å². The van der Waals surface area contributed by atoms with Gasteiger partial charge in [-0.3, -0.25) is 0 Å². The van der Waals surface area contributed by atoms with Crippen molar-refractivity contribution in [1.82, 2.24) is 4.98 Å². The number of esters is 1. The van der Waals surface area contributed by atoms with E-state index in [-0.39, 0.29) is 5.97 Å². The Morgan fingerprint density at radius 1 is 1.19 bits per heavy atom. The van der Waals surface area contributed by atoms with Gasteiger partial charge in [0, 0.05) is 15.9 Å². The van der Waals surface area contributed by atoms with Crippen molar-refractivity contribution >= 4 is 28.5 Å². The van der Waals surface area contributed by atoms with Gasteiger partial charge in [0.2, 0.25) is 0 Å². The van der Waals surface area contributed by atoms with Gasteiger partial charge in [-0.05, 0) is 30.7 Å². The molecule has 0 unspecified atom stereocenters. The molecule has 1 heterocycles. The second kappa shape index (κ2) is 5.62. The van der Waals surface area contributed by atoms with Crippen LogP contribution in [-0.2, 0) is 4.74 Å². The Morgan fingerprint density at radius 3 is 2.67 bits per heavy atom. The number of fused-ring (bicyclic) bond motifs is 1. The molecular weight excluding hydrogens is 286 g/mol. The minimum atomic E-state index is -0.343. The van der Waals surface area contributed by atoms with Gasteiger partial charge in [-0.1, -0.05) is 41.9 Å². The summed E-state index contributed by atoms with van der Waals surface area (Å²) in [4.78, 5) is 15.6. The Hall–Kier alpha value is -2.26. The number of aromatic amines is 1. The molecule has 0 fully saturated rings. The minimum Gasteiger partial charge on any atom is -0.462 e. The predicted octanol–water partition coefficient (Wildman–Crippen LogP) is 4.67. The summed E-state index contributed by atoms with van der Waals surface area (Å²) in [6.07, 6.45) is 0. The van der Waals surface area contributed by atoms with Gasteiger partial charge in [0.1, 0.15) is 0 Å². The molecule has 21 heavy (non-hydrogen) atoms. The van der Waals surface area contributed by atoms with Crippen LogP contribution in [0.25, 0.3) is 22.2 Å². The van der Waals surface area contributed by atoms with Crippen LogP contribution in [0.4, 0.5) is 0 Å². The lowest BCUT2D eigenvalue weighted by atomic mass is 10.1. The van der Waals surface area contributed by atoms with Crippen molar-refractivity contribution in [3.05, 3.63) is 59.1 Å². The van der Waals surface area contributed by atoms with Gasteiger partial charge in [0.05, 0.1) is 17.9 Å². The van der Waals surface area contributed by atoms with Crippen LogP contribution in [0.5, 0.6) is 0 Å². The van der Waals surface area contributed by atoms with Crippen molar-refractivity contribution in [2.24, 2.45) is 0 Å². The third-order valence-corrected chi connectivity index (χ3v) is 3.54. The molecule has 0 amide bonds. The molecule has 0 bridgehead atoms. The number of benzene rings is 2. The molecule has 0 aliphatic carbocycles. The van der Waals surface area contributed by atoms with Gasteiger partial charge in [0.15, 0.2) is 0 Å². The Kier molecular flexibility index (Phi) is 3.67. The largest absolute Gasteiger partial charge is 0.462 e. The minimum absolute atomic E-state index is 0.334. The third kappa shape index (κ3) is 2.52. The zero-order chi connectivity index (χ0) is 14.8. The van der Waals surface area contributed by atoms with Crippen LogP contribution in [0.15, 0.2) is 48.5 Å². The van der Waals surface area contributed by atoms with Crippen LogP contribution in [0.3, 0.4) is 0 Å². The molecule has 0 aliphatic rings. The molecule has 4 heteroatoms. The lowest BCUT2D eigenvalue weighted by molar-refractivity contribution is 0.0529. The van der Waals surface area contributed by atoms with E-state index in [4.69, 9.17) is 16.3 Å². The van der Waals surface area contributed by atoms with E-state index in [1.54, 1.807) is 19.1 Å². The van der Waals surface area contributed by atoms with Crippen molar-refractivity contribution in [3.63, 3.8) is 0 Å². The maximum absolute atomic E-state index is 12.3. The molecule has 3 nitrogen and oxygen atoms in total. The summed E-state index contributed by atoms with van der Waals surface area (Å²) in [6, 6.07) is 15.2. The van der Waals surface area contributed by atoms with E-state index >= 15 is 0 Å². The summed E-state index contributed by atoms with van der Waals surface area (Å²) >= 11 is 6.06. The predicted molar refractivity (Wildman–Crippen MR) is 84.7 cm³/mol. The molecule has 1 aromatic heterocycles. The molecule has 0 saturated carbocycles. The quantitative estimate of drug-likeness (QED) is 0.714. The highest BCUT2D eigenvalue weighted by Crippen LogP contribution is 2.32. The van der Waals surface area contributed by atoms with E-state index < -0.39 is 0 Å². The first-order chi connectivity index (χ1) is 10.2. The smallest absolute Gasteiger partial charge is 0.340 e. The molecule has 0 saturated heterocycles. The van der Waals surface area contributed by atoms with Gasteiger partial charge < -0.3 is 9.72 Å². The second-order valence-electron chi connectivity index (χ2n) is 4.65.